The van der Waals surface area contributed by atoms with Crippen LogP contribution in [0.25, 0.3) is 0 Å². The lowest BCUT2D eigenvalue weighted by Gasteiger charge is -2.39. The molecule has 5 heteroatoms. The highest BCUT2D eigenvalue weighted by Gasteiger charge is 2.38. The van der Waals surface area contributed by atoms with Crippen LogP contribution in [0.1, 0.15) is 39.5 Å². The number of aliphatic carboxylic acids is 1. The minimum Gasteiger partial charge on any atom is -0.480 e. The topological polar surface area (TPSA) is 60.9 Å². The van der Waals surface area contributed by atoms with Crippen LogP contribution in [-0.2, 0) is 4.79 Å². The number of piperidine rings is 1. The first-order valence-corrected chi connectivity index (χ1v) is 6.78. The fourth-order valence-electron chi connectivity index (χ4n) is 2.74. The van der Waals surface area contributed by atoms with Crippen LogP contribution in [0.15, 0.2) is 0 Å². The van der Waals surface area contributed by atoms with Gasteiger partial charge in [0.25, 0.3) is 0 Å². The molecule has 1 saturated carbocycles. The van der Waals surface area contributed by atoms with Gasteiger partial charge in [0, 0.05) is 18.6 Å². The summed E-state index contributed by atoms with van der Waals surface area (Å²) in [6.07, 6.45) is 3.91. The minimum atomic E-state index is -0.923. The van der Waals surface area contributed by atoms with Crippen molar-refractivity contribution in [2.24, 2.45) is 5.92 Å². The normalized spacial score (nSPS) is 28.0. The lowest BCUT2D eigenvalue weighted by Crippen LogP contribution is -2.52. The second-order valence-corrected chi connectivity index (χ2v) is 5.71. The second kappa shape index (κ2) is 5.16. The molecular formula is C13H22N2O3. The van der Waals surface area contributed by atoms with Gasteiger partial charge in [-0.1, -0.05) is 6.92 Å². The van der Waals surface area contributed by atoms with E-state index in [1.807, 2.05) is 4.90 Å². The van der Waals surface area contributed by atoms with Gasteiger partial charge in [0.05, 0.1) is 0 Å². The number of urea groups is 1. The lowest BCUT2D eigenvalue weighted by molar-refractivity contribution is -0.138. The monoisotopic (exact) mass is 254 g/mol. The maximum atomic E-state index is 12.4. The minimum absolute atomic E-state index is 0.0840. The smallest absolute Gasteiger partial charge is 0.323 e. The Labute approximate surface area is 108 Å². The molecule has 2 amide bonds. The molecule has 2 aliphatic rings. The van der Waals surface area contributed by atoms with Gasteiger partial charge in [-0.25, -0.2) is 4.79 Å². The molecule has 0 spiro atoms. The maximum absolute atomic E-state index is 12.4. The molecule has 1 aliphatic carbocycles. The Morgan fingerprint density at radius 3 is 2.44 bits per heavy atom. The highest BCUT2D eigenvalue weighted by atomic mass is 16.4. The molecule has 1 aliphatic heterocycles. The van der Waals surface area contributed by atoms with Gasteiger partial charge in [0.1, 0.15) is 6.54 Å². The van der Waals surface area contributed by atoms with Crippen molar-refractivity contribution in [3.8, 4) is 0 Å². The number of hydrogen-bond acceptors (Lipinski definition) is 2. The van der Waals surface area contributed by atoms with Crippen molar-refractivity contribution in [3.05, 3.63) is 0 Å². The number of hydrogen-bond donors (Lipinski definition) is 1. The zero-order valence-corrected chi connectivity index (χ0v) is 11.1. The molecule has 102 valence electrons. The molecule has 1 heterocycles. The second-order valence-electron chi connectivity index (χ2n) is 5.71. The molecule has 18 heavy (non-hydrogen) atoms. The van der Waals surface area contributed by atoms with E-state index in [0.717, 1.165) is 32.2 Å². The maximum Gasteiger partial charge on any atom is 0.323 e. The van der Waals surface area contributed by atoms with Gasteiger partial charge >= 0.3 is 12.0 Å². The number of amides is 2. The van der Waals surface area contributed by atoms with Crippen molar-refractivity contribution in [1.82, 2.24) is 9.80 Å². The van der Waals surface area contributed by atoms with E-state index in [1.54, 1.807) is 0 Å². The van der Waals surface area contributed by atoms with Crippen molar-refractivity contribution in [2.75, 3.05) is 13.1 Å². The molecule has 0 aromatic carbocycles. The molecule has 1 N–H and O–H groups in total. The van der Waals surface area contributed by atoms with Crippen LogP contribution in [-0.4, -0.2) is 52.1 Å². The Kier molecular flexibility index (Phi) is 3.78. The van der Waals surface area contributed by atoms with Crippen LogP contribution in [0.3, 0.4) is 0 Å². The Balaban J connectivity index is 2.01. The number of carboxylic acid groups (broad SMARTS) is 1. The Morgan fingerprint density at radius 1 is 1.28 bits per heavy atom. The van der Waals surface area contributed by atoms with Crippen molar-refractivity contribution in [3.63, 3.8) is 0 Å². The number of carbonyl (C=O) groups is 2. The van der Waals surface area contributed by atoms with E-state index in [4.69, 9.17) is 5.11 Å². The van der Waals surface area contributed by atoms with E-state index in [0.29, 0.717) is 5.92 Å². The van der Waals surface area contributed by atoms with Crippen LogP contribution in [0.5, 0.6) is 0 Å². The van der Waals surface area contributed by atoms with Gasteiger partial charge in [0.2, 0.25) is 0 Å². The molecule has 2 atom stereocenters. The first-order chi connectivity index (χ1) is 8.49. The van der Waals surface area contributed by atoms with Crippen LogP contribution in [0.2, 0.25) is 0 Å². The van der Waals surface area contributed by atoms with Crippen molar-refractivity contribution in [2.45, 2.75) is 51.6 Å². The van der Waals surface area contributed by atoms with Crippen LogP contribution < -0.4 is 0 Å². The van der Waals surface area contributed by atoms with Crippen LogP contribution in [0, 0.1) is 5.92 Å². The lowest BCUT2D eigenvalue weighted by atomic mass is 9.94. The van der Waals surface area contributed by atoms with E-state index < -0.39 is 5.97 Å². The quantitative estimate of drug-likeness (QED) is 0.835. The Morgan fingerprint density at radius 2 is 1.94 bits per heavy atom. The zero-order valence-electron chi connectivity index (χ0n) is 11.1. The summed E-state index contributed by atoms with van der Waals surface area (Å²) in [6.45, 7) is 4.85. The molecule has 5 nitrogen and oxygen atoms in total. The third kappa shape index (κ3) is 2.94. The van der Waals surface area contributed by atoms with E-state index in [2.05, 4.69) is 13.8 Å². The predicted molar refractivity (Wildman–Crippen MR) is 67.3 cm³/mol. The summed E-state index contributed by atoms with van der Waals surface area (Å²) in [4.78, 5) is 26.7. The number of rotatable bonds is 3. The number of carbonyl (C=O) groups excluding carboxylic acids is 1. The third-order valence-electron chi connectivity index (χ3n) is 3.92. The first kappa shape index (κ1) is 13.2. The van der Waals surface area contributed by atoms with E-state index in [-0.39, 0.29) is 24.7 Å². The summed E-state index contributed by atoms with van der Waals surface area (Å²) in [5, 5.41) is 8.90. The van der Waals surface area contributed by atoms with Crippen molar-refractivity contribution < 1.29 is 14.7 Å². The Hall–Kier alpha value is -1.26. The highest BCUT2D eigenvalue weighted by molar-refractivity contribution is 5.81. The summed E-state index contributed by atoms with van der Waals surface area (Å²) in [5.74, 6) is -0.272. The molecule has 0 bridgehead atoms. The summed E-state index contributed by atoms with van der Waals surface area (Å²) >= 11 is 0. The van der Waals surface area contributed by atoms with Gasteiger partial charge in [-0.2, -0.15) is 0 Å². The number of likely N-dealkylation sites (tertiary alicyclic amines) is 1. The molecule has 2 rings (SSSR count). The first-order valence-electron chi connectivity index (χ1n) is 6.78. The van der Waals surface area contributed by atoms with E-state index in [1.165, 1.54) is 4.90 Å². The standard InChI is InChI=1S/C13H22N2O3/c1-9-5-6-14(10(2)7-9)13(18)15(8-12(16)17)11-3-4-11/h9-11H,3-8H2,1-2H3,(H,16,17). The predicted octanol–water partition coefficient (Wildman–Crippen LogP) is 1.78. The molecule has 0 aromatic rings. The third-order valence-corrected chi connectivity index (χ3v) is 3.92. The van der Waals surface area contributed by atoms with Gasteiger partial charge in [-0.3, -0.25) is 4.79 Å². The average molecular weight is 254 g/mol. The molecule has 0 radical (unpaired) electrons. The van der Waals surface area contributed by atoms with E-state index in [9.17, 15) is 9.59 Å². The molecule has 0 aromatic heterocycles. The number of nitrogens with zero attached hydrogens (tertiary/aromatic N) is 2. The molecular weight excluding hydrogens is 232 g/mol. The summed E-state index contributed by atoms with van der Waals surface area (Å²) < 4.78 is 0. The van der Waals surface area contributed by atoms with Gasteiger partial charge in [0.15, 0.2) is 0 Å². The molecule has 2 unspecified atom stereocenters. The highest BCUT2D eigenvalue weighted by Crippen LogP contribution is 2.30. The Bertz CT molecular complexity index is 341. The average Bonchev–Trinajstić information content (AvgIpc) is 3.08. The van der Waals surface area contributed by atoms with E-state index >= 15 is 0 Å². The van der Waals surface area contributed by atoms with Crippen molar-refractivity contribution in [1.29, 1.82) is 0 Å². The van der Waals surface area contributed by atoms with Gasteiger partial charge in [-0.05, 0) is 38.5 Å². The molecule has 2 fully saturated rings. The fraction of sp³-hybridized carbons (Fsp3) is 0.846. The van der Waals surface area contributed by atoms with Gasteiger partial charge in [-0.15, -0.1) is 0 Å². The van der Waals surface area contributed by atoms with Gasteiger partial charge < -0.3 is 14.9 Å². The van der Waals surface area contributed by atoms with Crippen LogP contribution in [0.4, 0.5) is 4.79 Å². The summed E-state index contributed by atoms with van der Waals surface area (Å²) in [5.41, 5.74) is 0. The largest absolute Gasteiger partial charge is 0.480 e. The number of carboxylic acids is 1. The van der Waals surface area contributed by atoms with Crippen LogP contribution >= 0.6 is 0 Å². The summed E-state index contributed by atoms with van der Waals surface area (Å²) in [7, 11) is 0. The zero-order chi connectivity index (χ0) is 13.3. The SMILES string of the molecule is CC1CCN(C(=O)N(CC(=O)O)C2CC2)C(C)C1. The molecule has 1 saturated heterocycles. The van der Waals surface area contributed by atoms with Crippen molar-refractivity contribution >= 4 is 12.0 Å². The fourth-order valence-corrected chi connectivity index (χ4v) is 2.74. The summed E-state index contributed by atoms with van der Waals surface area (Å²) in [6, 6.07) is 0.288.